The van der Waals surface area contributed by atoms with Crippen molar-refractivity contribution in [2.45, 2.75) is 23.5 Å². The number of hydrogen-bond acceptors (Lipinski definition) is 3. The molecule has 0 atom stereocenters. The number of halogens is 1. The van der Waals surface area contributed by atoms with Gasteiger partial charge in [-0.1, -0.05) is 0 Å². The molecule has 0 unspecified atom stereocenters. The molecule has 0 spiro atoms. The number of ether oxygens (including phenoxy) is 1. The number of benzene rings is 1. The fourth-order valence-electron chi connectivity index (χ4n) is 1.07. The van der Waals surface area contributed by atoms with Gasteiger partial charge in [-0.05, 0) is 48.0 Å². The van der Waals surface area contributed by atoms with E-state index in [1.807, 2.05) is 12.1 Å². The fraction of sp³-hybridized carbons (Fsp3) is 0.455. The topological polar surface area (TPSA) is 35.2 Å². The van der Waals surface area contributed by atoms with Gasteiger partial charge in [-0.25, -0.2) is 0 Å². The molecule has 4 heteroatoms. The van der Waals surface area contributed by atoms with Crippen molar-refractivity contribution in [3.05, 3.63) is 22.7 Å². The van der Waals surface area contributed by atoms with E-state index in [4.69, 9.17) is 10.5 Å². The molecule has 2 N–H and O–H groups in total. The molecule has 1 rings (SSSR count). The highest BCUT2D eigenvalue weighted by atomic mass is 79.9. The van der Waals surface area contributed by atoms with Crippen LogP contribution in [0.4, 0.5) is 0 Å². The second-order valence-corrected chi connectivity index (χ2v) is 6.50. The van der Waals surface area contributed by atoms with Crippen molar-refractivity contribution < 1.29 is 4.74 Å². The van der Waals surface area contributed by atoms with Crippen molar-refractivity contribution in [3.8, 4) is 5.75 Å². The molecule has 1 aromatic carbocycles. The molecule has 84 valence electrons. The zero-order chi connectivity index (χ0) is 11.5. The summed E-state index contributed by atoms with van der Waals surface area (Å²) in [5.74, 6) is 0.852. The molecule has 0 saturated heterocycles. The quantitative estimate of drug-likeness (QED) is 0.864. The lowest BCUT2D eigenvalue weighted by Crippen LogP contribution is -2.26. The van der Waals surface area contributed by atoms with Gasteiger partial charge in [-0.2, -0.15) is 0 Å². The fourth-order valence-corrected chi connectivity index (χ4v) is 2.80. The Kier molecular flexibility index (Phi) is 4.49. The molecule has 0 bridgehead atoms. The highest BCUT2D eigenvalue weighted by Gasteiger charge is 2.17. The Hall–Kier alpha value is -0.190. The van der Waals surface area contributed by atoms with Crippen LogP contribution >= 0.6 is 27.7 Å². The summed E-state index contributed by atoms with van der Waals surface area (Å²) in [4.78, 5) is 1.19. The molecule has 0 aliphatic rings. The maximum atomic E-state index is 5.69. The average molecular weight is 290 g/mol. The number of thioether (sulfide) groups is 1. The van der Waals surface area contributed by atoms with Gasteiger partial charge in [0.15, 0.2) is 0 Å². The lowest BCUT2D eigenvalue weighted by Gasteiger charge is -2.21. The van der Waals surface area contributed by atoms with E-state index in [1.54, 1.807) is 18.9 Å². The molecule has 0 amide bonds. The molecule has 2 nitrogen and oxygen atoms in total. The third kappa shape index (κ3) is 3.70. The Bertz CT molecular complexity index is 341. The number of rotatable bonds is 4. The van der Waals surface area contributed by atoms with E-state index < -0.39 is 0 Å². The van der Waals surface area contributed by atoms with Crippen molar-refractivity contribution in [3.63, 3.8) is 0 Å². The Morgan fingerprint density at radius 2 is 2.13 bits per heavy atom. The summed E-state index contributed by atoms with van der Waals surface area (Å²) >= 11 is 5.24. The minimum Gasteiger partial charge on any atom is -0.496 e. The normalized spacial score (nSPS) is 11.5. The van der Waals surface area contributed by atoms with Crippen LogP contribution in [-0.2, 0) is 0 Å². The molecule has 0 aliphatic heterocycles. The maximum absolute atomic E-state index is 5.69. The summed E-state index contributed by atoms with van der Waals surface area (Å²) in [6.07, 6.45) is 0. The van der Waals surface area contributed by atoms with Crippen LogP contribution in [0.15, 0.2) is 27.6 Å². The first-order valence-electron chi connectivity index (χ1n) is 4.71. The second-order valence-electron chi connectivity index (χ2n) is 3.86. The van der Waals surface area contributed by atoms with Crippen LogP contribution in [0.25, 0.3) is 0 Å². The van der Waals surface area contributed by atoms with E-state index in [0.717, 1.165) is 10.2 Å². The second kappa shape index (κ2) is 5.23. The van der Waals surface area contributed by atoms with Gasteiger partial charge in [0.05, 0.1) is 11.6 Å². The number of nitrogens with two attached hydrogens (primary N) is 1. The predicted molar refractivity (Wildman–Crippen MR) is 69.7 cm³/mol. The summed E-state index contributed by atoms with van der Waals surface area (Å²) in [6.45, 7) is 4.92. The van der Waals surface area contributed by atoms with Crippen LogP contribution < -0.4 is 10.5 Å². The van der Waals surface area contributed by atoms with Crippen LogP contribution in [0, 0.1) is 0 Å². The smallest absolute Gasteiger partial charge is 0.133 e. The minimum atomic E-state index is 0.0635. The SMILES string of the molecule is COc1ccc(SC(C)(C)CN)cc1Br. The van der Waals surface area contributed by atoms with E-state index >= 15 is 0 Å². The molecule has 0 saturated carbocycles. The van der Waals surface area contributed by atoms with E-state index in [0.29, 0.717) is 6.54 Å². The van der Waals surface area contributed by atoms with Crippen molar-refractivity contribution >= 4 is 27.7 Å². The Labute approximate surface area is 104 Å². The first-order chi connectivity index (χ1) is 6.98. The zero-order valence-corrected chi connectivity index (χ0v) is 11.6. The third-order valence-electron chi connectivity index (χ3n) is 2.01. The third-order valence-corrected chi connectivity index (χ3v) is 3.84. The van der Waals surface area contributed by atoms with Gasteiger partial charge >= 0.3 is 0 Å². The van der Waals surface area contributed by atoms with Crippen molar-refractivity contribution in [2.75, 3.05) is 13.7 Å². The summed E-state index contributed by atoms with van der Waals surface area (Å²) in [5, 5.41) is 0. The monoisotopic (exact) mass is 289 g/mol. The van der Waals surface area contributed by atoms with Gasteiger partial charge in [0.1, 0.15) is 5.75 Å². The molecule has 0 radical (unpaired) electrons. The van der Waals surface area contributed by atoms with Gasteiger partial charge in [-0.3, -0.25) is 0 Å². The Morgan fingerprint density at radius 1 is 1.47 bits per heavy atom. The van der Waals surface area contributed by atoms with Crippen LogP contribution in [0.1, 0.15) is 13.8 Å². The van der Waals surface area contributed by atoms with Crippen LogP contribution in [0.3, 0.4) is 0 Å². The summed E-state index contributed by atoms with van der Waals surface area (Å²) < 4.78 is 6.21. The van der Waals surface area contributed by atoms with Gasteiger partial charge in [-0.15, -0.1) is 11.8 Å². The molecular formula is C11H16BrNOS. The first kappa shape index (κ1) is 12.9. The van der Waals surface area contributed by atoms with E-state index in [1.165, 1.54) is 4.90 Å². The van der Waals surface area contributed by atoms with Gasteiger partial charge < -0.3 is 10.5 Å². The standard InChI is InChI=1S/C11H16BrNOS/c1-11(2,7-13)15-8-4-5-10(14-3)9(12)6-8/h4-6H,7,13H2,1-3H3. The molecule has 0 heterocycles. The molecule has 0 aliphatic carbocycles. The summed E-state index contributed by atoms with van der Waals surface area (Å²) in [5.41, 5.74) is 5.69. The zero-order valence-electron chi connectivity index (χ0n) is 9.21. The maximum Gasteiger partial charge on any atom is 0.133 e. The van der Waals surface area contributed by atoms with E-state index in [9.17, 15) is 0 Å². The van der Waals surface area contributed by atoms with Crippen molar-refractivity contribution in [1.82, 2.24) is 0 Å². The molecule has 0 fully saturated rings. The molecular weight excluding hydrogens is 274 g/mol. The molecule has 15 heavy (non-hydrogen) atoms. The first-order valence-corrected chi connectivity index (χ1v) is 6.32. The highest BCUT2D eigenvalue weighted by molar-refractivity contribution is 9.10. The number of hydrogen-bond donors (Lipinski definition) is 1. The molecule has 0 aromatic heterocycles. The van der Waals surface area contributed by atoms with Crippen LogP contribution in [0.5, 0.6) is 5.75 Å². The minimum absolute atomic E-state index is 0.0635. The predicted octanol–water partition coefficient (Wildman–Crippen LogP) is 3.29. The van der Waals surface area contributed by atoms with Crippen LogP contribution in [0.2, 0.25) is 0 Å². The highest BCUT2D eigenvalue weighted by Crippen LogP contribution is 2.35. The Balaban J connectivity index is 2.84. The Morgan fingerprint density at radius 3 is 2.60 bits per heavy atom. The lowest BCUT2D eigenvalue weighted by molar-refractivity contribution is 0.412. The van der Waals surface area contributed by atoms with Gasteiger partial charge in [0.2, 0.25) is 0 Å². The van der Waals surface area contributed by atoms with Gasteiger partial charge in [0.25, 0.3) is 0 Å². The summed E-state index contributed by atoms with van der Waals surface area (Å²) in [6, 6.07) is 6.06. The van der Waals surface area contributed by atoms with Gasteiger partial charge in [0, 0.05) is 16.2 Å². The largest absolute Gasteiger partial charge is 0.496 e. The van der Waals surface area contributed by atoms with Crippen molar-refractivity contribution in [2.24, 2.45) is 5.73 Å². The van der Waals surface area contributed by atoms with E-state index in [-0.39, 0.29) is 4.75 Å². The summed E-state index contributed by atoms with van der Waals surface area (Å²) in [7, 11) is 1.66. The lowest BCUT2D eigenvalue weighted by atomic mass is 10.2. The number of methoxy groups -OCH3 is 1. The molecule has 1 aromatic rings. The van der Waals surface area contributed by atoms with E-state index in [2.05, 4.69) is 35.8 Å². The van der Waals surface area contributed by atoms with Crippen LogP contribution in [-0.4, -0.2) is 18.4 Å². The van der Waals surface area contributed by atoms with Crippen molar-refractivity contribution in [1.29, 1.82) is 0 Å². The average Bonchev–Trinajstić information content (AvgIpc) is 2.17.